The van der Waals surface area contributed by atoms with Gasteiger partial charge in [0, 0.05) is 23.8 Å². The summed E-state index contributed by atoms with van der Waals surface area (Å²) in [6.45, 7) is 2.91. The van der Waals surface area contributed by atoms with E-state index >= 15 is 0 Å². The molecule has 3 heterocycles. The van der Waals surface area contributed by atoms with E-state index in [1.54, 1.807) is 0 Å². The normalized spacial score (nSPS) is 30.4. The van der Waals surface area contributed by atoms with Crippen LogP contribution < -0.4 is 0 Å². The number of hydrogen-bond donors (Lipinski definition) is 0. The molecule has 1 aromatic rings. The molecule has 2 saturated heterocycles. The summed E-state index contributed by atoms with van der Waals surface area (Å²) in [5, 5.41) is 0.643. The second-order valence-electron chi connectivity index (χ2n) is 5.76. The summed E-state index contributed by atoms with van der Waals surface area (Å²) in [6, 6.07) is 0.612. The summed E-state index contributed by atoms with van der Waals surface area (Å²) in [4.78, 5) is 11.7. The quantitative estimate of drug-likeness (QED) is 0.739. The van der Waals surface area contributed by atoms with E-state index in [9.17, 15) is 0 Å². The zero-order valence-corrected chi connectivity index (χ0v) is 11.7. The first-order chi connectivity index (χ1) is 9.31. The van der Waals surface area contributed by atoms with Crippen molar-refractivity contribution >= 4 is 11.6 Å². The number of nitrogens with zero attached hydrogens (tertiary/aromatic N) is 3. The molecule has 0 radical (unpaired) electrons. The minimum Gasteiger partial charge on any atom is -0.367 e. The van der Waals surface area contributed by atoms with Crippen molar-refractivity contribution in [3.63, 3.8) is 0 Å². The van der Waals surface area contributed by atoms with Gasteiger partial charge >= 0.3 is 0 Å². The second-order valence-corrected chi connectivity index (χ2v) is 6.12. The maximum atomic E-state index is 6.29. The van der Waals surface area contributed by atoms with Gasteiger partial charge in [-0.25, -0.2) is 9.97 Å². The van der Waals surface area contributed by atoms with Crippen LogP contribution in [0.25, 0.3) is 0 Å². The van der Waals surface area contributed by atoms with Crippen molar-refractivity contribution in [3.8, 4) is 0 Å². The lowest BCUT2D eigenvalue weighted by molar-refractivity contribution is -0.0542. The molecular formula is C14H18ClN3O. The average Bonchev–Trinajstić information content (AvgIpc) is 3.06. The molecular weight excluding hydrogens is 262 g/mol. The lowest BCUT2D eigenvalue weighted by atomic mass is 10.1. The van der Waals surface area contributed by atoms with Gasteiger partial charge in [-0.3, -0.25) is 4.90 Å². The van der Waals surface area contributed by atoms with E-state index in [1.807, 2.05) is 0 Å². The molecule has 2 unspecified atom stereocenters. The van der Waals surface area contributed by atoms with E-state index in [4.69, 9.17) is 21.3 Å². The summed E-state index contributed by atoms with van der Waals surface area (Å²) in [5.74, 6) is 0.788. The van der Waals surface area contributed by atoms with E-state index in [0.717, 1.165) is 49.5 Å². The van der Waals surface area contributed by atoms with E-state index in [2.05, 4.69) is 9.88 Å². The summed E-state index contributed by atoms with van der Waals surface area (Å²) in [6.07, 6.45) is 5.74. The first-order valence-corrected chi connectivity index (χ1v) is 7.60. The fourth-order valence-electron chi connectivity index (χ4n) is 3.52. The van der Waals surface area contributed by atoms with Gasteiger partial charge in [0.25, 0.3) is 0 Å². The Labute approximate surface area is 118 Å². The molecule has 0 N–H and O–H groups in total. The standard InChI is InChI=1S/C14H18ClN3O/c15-13-10-4-1-5-11(10)16-14(17-13)12-7-18-6-2-3-9(18)8-19-12/h9,12H,1-8H2. The van der Waals surface area contributed by atoms with Crippen LogP contribution in [0, 0.1) is 0 Å². The maximum absolute atomic E-state index is 6.29. The van der Waals surface area contributed by atoms with E-state index in [1.165, 1.54) is 19.4 Å². The number of hydrogen-bond acceptors (Lipinski definition) is 4. The van der Waals surface area contributed by atoms with Crippen molar-refractivity contribution in [2.24, 2.45) is 0 Å². The van der Waals surface area contributed by atoms with Gasteiger partial charge in [-0.15, -0.1) is 0 Å². The number of morpholine rings is 1. The van der Waals surface area contributed by atoms with Crippen LogP contribution in [0.1, 0.15) is 42.4 Å². The fraction of sp³-hybridized carbons (Fsp3) is 0.714. The van der Waals surface area contributed by atoms with Crippen LogP contribution in [0.3, 0.4) is 0 Å². The van der Waals surface area contributed by atoms with Crippen LogP contribution in [-0.2, 0) is 17.6 Å². The van der Waals surface area contributed by atoms with Gasteiger partial charge in [0.15, 0.2) is 5.82 Å². The van der Waals surface area contributed by atoms with Crippen molar-refractivity contribution in [3.05, 3.63) is 22.2 Å². The molecule has 3 aliphatic rings. The molecule has 0 spiro atoms. The van der Waals surface area contributed by atoms with Crippen molar-refractivity contribution < 1.29 is 4.74 Å². The molecule has 2 atom stereocenters. The smallest absolute Gasteiger partial charge is 0.160 e. The molecule has 4 rings (SSSR count). The van der Waals surface area contributed by atoms with Gasteiger partial charge in [0.1, 0.15) is 11.3 Å². The SMILES string of the molecule is Clc1nc(C2CN3CCCC3CO2)nc2c1CCC2. The third-order valence-corrected chi connectivity index (χ3v) is 4.89. The molecule has 2 fully saturated rings. The van der Waals surface area contributed by atoms with E-state index in [-0.39, 0.29) is 6.10 Å². The van der Waals surface area contributed by atoms with Crippen molar-refractivity contribution in [1.82, 2.24) is 14.9 Å². The largest absolute Gasteiger partial charge is 0.367 e. The Balaban J connectivity index is 1.61. The highest BCUT2D eigenvalue weighted by molar-refractivity contribution is 6.30. The Kier molecular flexibility index (Phi) is 2.98. The number of halogens is 1. The molecule has 0 saturated carbocycles. The van der Waals surface area contributed by atoms with Crippen LogP contribution >= 0.6 is 11.6 Å². The number of aromatic nitrogens is 2. The highest BCUT2D eigenvalue weighted by atomic mass is 35.5. The minimum atomic E-state index is -0.00208. The third kappa shape index (κ3) is 2.06. The van der Waals surface area contributed by atoms with Gasteiger partial charge < -0.3 is 4.74 Å². The first-order valence-electron chi connectivity index (χ1n) is 7.22. The van der Waals surface area contributed by atoms with Crippen molar-refractivity contribution in [2.75, 3.05) is 19.7 Å². The zero-order valence-electron chi connectivity index (χ0n) is 10.9. The Hall–Kier alpha value is -0.710. The van der Waals surface area contributed by atoms with Crippen LogP contribution in [-0.4, -0.2) is 40.6 Å². The number of rotatable bonds is 1. The molecule has 0 aromatic carbocycles. The summed E-state index contributed by atoms with van der Waals surface area (Å²) in [5.41, 5.74) is 2.29. The number of aryl methyl sites for hydroxylation is 1. The summed E-state index contributed by atoms with van der Waals surface area (Å²) in [7, 11) is 0. The minimum absolute atomic E-state index is 0.00208. The van der Waals surface area contributed by atoms with E-state index in [0.29, 0.717) is 11.2 Å². The lowest BCUT2D eigenvalue weighted by Crippen LogP contribution is -2.42. The Bertz CT molecular complexity index is 508. The molecule has 0 bridgehead atoms. The van der Waals surface area contributed by atoms with Crippen molar-refractivity contribution in [2.45, 2.75) is 44.2 Å². The summed E-state index contributed by atoms with van der Waals surface area (Å²) < 4.78 is 5.97. The second kappa shape index (κ2) is 4.69. The van der Waals surface area contributed by atoms with Crippen LogP contribution in [0.4, 0.5) is 0 Å². The molecule has 1 aromatic heterocycles. The van der Waals surface area contributed by atoms with E-state index < -0.39 is 0 Å². The molecule has 19 heavy (non-hydrogen) atoms. The molecule has 1 aliphatic carbocycles. The Morgan fingerprint density at radius 3 is 3.11 bits per heavy atom. The predicted molar refractivity (Wildman–Crippen MR) is 72.4 cm³/mol. The van der Waals surface area contributed by atoms with Gasteiger partial charge in [0.2, 0.25) is 0 Å². The zero-order chi connectivity index (χ0) is 12.8. The van der Waals surface area contributed by atoms with Gasteiger partial charge in [0.05, 0.1) is 6.61 Å². The van der Waals surface area contributed by atoms with Crippen molar-refractivity contribution in [1.29, 1.82) is 0 Å². The lowest BCUT2D eigenvalue weighted by Gasteiger charge is -2.34. The Morgan fingerprint density at radius 2 is 2.16 bits per heavy atom. The van der Waals surface area contributed by atoms with Crippen LogP contribution in [0.2, 0.25) is 5.15 Å². The Morgan fingerprint density at radius 1 is 1.21 bits per heavy atom. The van der Waals surface area contributed by atoms with Gasteiger partial charge in [-0.05, 0) is 38.6 Å². The highest BCUT2D eigenvalue weighted by Gasteiger charge is 2.34. The first kappa shape index (κ1) is 12.1. The van der Waals surface area contributed by atoms with Gasteiger partial charge in [-0.2, -0.15) is 0 Å². The molecule has 5 heteroatoms. The molecule has 0 amide bonds. The number of fused-ring (bicyclic) bond motifs is 2. The number of ether oxygens (including phenoxy) is 1. The van der Waals surface area contributed by atoms with Gasteiger partial charge in [-0.1, -0.05) is 11.6 Å². The molecule has 4 nitrogen and oxygen atoms in total. The topological polar surface area (TPSA) is 38.2 Å². The average molecular weight is 280 g/mol. The molecule has 2 aliphatic heterocycles. The fourth-order valence-corrected chi connectivity index (χ4v) is 3.81. The summed E-state index contributed by atoms with van der Waals surface area (Å²) >= 11 is 6.29. The highest BCUT2D eigenvalue weighted by Crippen LogP contribution is 2.32. The third-order valence-electron chi connectivity index (χ3n) is 4.58. The molecule has 102 valence electrons. The maximum Gasteiger partial charge on any atom is 0.160 e. The monoisotopic (exact) mass is 279 g/mol. The van der Waals surface area contributed by atoms with Crippen LogP contribution in [0.5, 0.6) is 0 Å². The van der Waals surface area contributed by atoms with Crippen LogP contribution in [0.15, 0.2) is 0 Å². The predicted octanol–water partition coefficient (Wildman–Crippen LogP) is 2.15.